The Hall–Kier alpha value is -3.12. The molecule has 120 valence electrons. The van der Waals surface area contributed by atoms with Crippen LogP contribution in [0.25, 0.3) is 33.4 Å². The Kier molecular flexibility index (Phi) is 4.18. The zero-order valence-electron chi connectivity index (χ0n) is 14.3. The van der Waals surface area contributed by atoms with Crippen LogP contribution < -0.4 is 0 Å². The van der Waals surface area contributed by atoms with Crippen molar-refractivity contribution >= 4 is 0 Å². The van der Waals surface area contributed by atoms with E-state index in [0.29, 0.717) is 0 Å². The van der Waals surface area contributed by atoms with Gasteiger partial charge in [-0.2, -0.15) is 0 Å². The SMILES string of the molecule is Cc1ccc(-c2ccccc2)cc1-c1ccc(-c2ccccc2)cc1. The summed E-state index contributed by atoms with van der Waals surface area (Å²) in [6, 6.07) is 36.6. The second-order valence-corrected chi connectivity index (χ2v) is 6.34. The first-order valence-electron chi connectivity index (χ1n) is 8.63. The number of aryl methyl sites for hydroxylation is 1. The molecular formula is C25H20. The molecule has 0 aliphatic carbocycles. The van der Waals surface area contributed by atoms with Gasteiger partial charge in [0.2, 0.25) is 0 Å². The first kappa shape index (κ1) is 15.4. The van der Waals surface area contributed by atoms with Crippen molar-refractivity contribution in [2.45, 2.75) is 6.92 Å². The van der Waals surface area contributed by atoms with Crippen LogP contribution in [-0.2, 0) is 0 Å². The van der Waals surface area contributed by atoms with E-state index in [0.717, 1.165) is 0 Å². The third kappa shape index (κ3) is 3.25. The third-order valence-electron chi connectivity index (χ3n) is 4.65. The highest BCUT2D eigenvalue weighted by atomic mass is 14.1. The highest BCUT2D eigenvalue weighted by Crippen LogP contribution is 2.31. The quantitative estimate of drug-likeness (QED) is 0.381. The highest BCUT2D eigenvalue weighted by molar-refractivity contribution is 5.77. The zero-order chi connectivity index (χ0) is 17.1. The van der Waals surface area contributed by atoms with Gasteiger partial charge in [-0.15, -0.1) is 0 Å². The maximum Gasteiger partial charge on any atom is -0.0149 e. The highest BCUT2D eigenvalue weighted by Gasteiger charge is 2.06. The van der Waals surface area contributed by atoms with E-state index in [1.165, 1.54) is 38.9 Å². The van der Waals surface area contributed by atoms with Crippen molar-refractivity contribution in [2.75, 3.05) is 0 Å². The fraction of sp³-hybridized carbons (Fsp3) is 0.0400. The molecule has 0 fully saturated rings. The zero-order valence-corrected chi connectivity index (χ0v) is 14.3. The van der Waals surface area contributed by atoms with Gasteiger partial charge in [-0.25, -0.2) is 0 Å². The molecule has 4 rings (SSSR count). The van der Waals surface area contributed by atoms with Crippen LogP contribution in [0, 0.1) is 6.92 Å². The summed E-state index contributed by atoms with van der Waals surface area (Å²) < 4.78 is 0. The van der Waals surface area contributed by atoms with Crippen LogP contribution in [0.5, 0.6) is 0 Å². The summed E-state index contributed by atoms with van der Waals surface area (Å²) in [7, 11) is 0. The molecule has 4 aromatic carbocycles. The molecule has 0 aliphatic rings. The summed E-state index contributed by atoms with van der Waals surface area (Å²) in [5, 5.41) is 0. The van der Waals surface area contributed by atoms with Crippen molar-refractivity contribution < 1.29 is 0 Å². The average molecular weight is 320 g/mol. The fourth-order valence-electron chi connectivity index (χ4n) is 3.22. The molecule has 0 unspecified atom stereocenters. The monoisotopic (exact) mass is 320 g/mol. The van der Waals surface area contributed by atoms with Crippen molar-refractivity contribution in [1.82, 2.24) is 0 Å². The summed E-state index contributed by atoms with van der Waals surface area (Å²) in [6.45, 7) is 2.18. The maximum absolute atomic E-state index is 2.29. The number of hydrogen-bond donors (Lipinski definition) is 0. The fourth-order valence-corrected chi connectivity index (χ4v) is 3.22. The van der Waals surface area contributed by atoms with E-state index in [4.69, 9.17) is 0 Å². The molecular weight excluding hydrogens is 300 g/mol. The summed E-state index contributed by atoms with van der Waals surface area (Å²) in [4.78, 5) is 0. The Balaban J connectivity index is 1.72. The van der Waals surface area contributed by atoms with Gasteiger partial charge in [0, 0.05) is 0 Å². The summed E-state index contributed by atoms with van der Waals surface area (Å²) in [6.07, 6.45) is 0. The Labute approximate surface area is 149 Å². The summed E-state index contributed by atoms with van der Waals surface area (Å²) in [5.74, 6) is 0. The van der Waals surface area contributed by atoms with Crippen molar-refractivity contribution in [1.29, 1.82) is 0 Å². The minimum absolute atomic E-state index is 1.25. The van der Waals surface area contributed by atoms with Gasteiger partial charge in [-0.1, -0.05) is 97.1 Å². The lowest BCUT2D eigenvalue weighted by Gasteiger charge is -2.11. The first-order valence-corrected chi connectivity index (χ1v) is 8.63. The van der Waals surface area contributed by atoms with Gasteiger partial charge >= 0.3 is 0 Å². The second kappa shape index (κ2) is 6.78. The standard InChI is InChI=1S/C25H20/c1-19-12-13-24(21-10-6-3-7-11-21)18-25(19)23-16-14-22(15-17-23)20-8-4-2-5-9-20/h2-18H,1H3. The van der Waals surface area contributed by atoms with E-state index in [-0.39, 0.29) is 0 Å². The van der Waals surface area contributed by atoms with Gasteiger partial charge in [-0.05, 0) is 51.9 Å². The molecule has 0 nitrogen and oxygen atoms in total. The van der Waals surface area contributed by atoms with Crippen LogP contribution in [0.2, 0.25) is 0 Å². The molecule has 25 heavy (non-hydrogen) atoms. The predicted molar refractivity (Wildman–Crippen MR) is 107 cm³/mol. The van der Waals surface area contributed by atoms with E-state index in [2.05, 4.69) is 110 Å². The van der Waals surface area contributed by atoms with E-state index >= 15 is 0 Å². The Morgan fingerprint density at radius 3 is 1.44 bits per heavy atom. The molecule has 0 atom stereocenters. The number of benzene rings is 4. The van der Waals surface area contributed by atoms with Crippen LogP contribution in [0.15, 0.2) is 103 Å². The molecule has 0 bridgehead atoms. The lowest BCUT2D eigenvalue weighted by Crippen LogP contribution is -1.86. The third-order valence-corrected chi connectivity index (χ3v) is 4.65. The van der Waals surface area contributed by atoms with E-state index in [9.17, 15) is 0 Å². The van der Waals surface area contributed by atoms with Gasteiger partial charge in [0.25, 0.3) is 0 Å². The molecule has 0 saturated heterocycles. The van der Waals surface area contributed by atoms with Crippen molar-refractivity contribution in [3.63, 3.8) is 0 Å². The Morgan fingerprint density at radius 2 is 0.840 bits per heavy atom. The first-order chi connectivity index (χ1) is 12.3. The Bertz CT molecular complexity index is 965. The molecule has 0 radical (unpaired) electrons. The van der Waals surface area contributed by atoms with Gasteiger partial charge in [0.1, 0.15) is 0 Å². The molecule has 4 aromatic rings. The smallest absolute Gasteiger partial charge is 0.0149 e. The second-order valence-electron chi connectivity index (χ2n) is 6.34. The van der Waals surface area contributed by atoms with Crippen molar-refractivity contribution in [3.8, 4) is 33.4 Å². The Morgan fingerprint density at radius 1 is 0.400 bits per heavy atom. The van der Waals surface area contributed by atoms with Crippen LogP contribution in [0.1, 0.15) is 5.56 Å². The van der Waals surface area contributed by atoms with Crippen LogP contribution in [0.3, 0.4) is 0 Å². The number of hydrogen-bond acceptors (Lipinski definition) is 0. The lowest BCUT2D eigenvalue weighted by molar-refractivity contribution is 1.45. The van der Waals surface area contributed by atoms with Crippen LogP contribution in [0.4, 0.5) is 0 Å². The van der Waals surface area contributed by atoms with Crippen LogP contribution >= 0.6 is 0 Å². The van der Waals surface area contributed by atoms with Gasteiger partial charge < -0.3 is 0 Å². The molecule has 0 amide bonds. The minimum Gasteiger partial charge on any atom is -0.0622 e. The topological polar surface area (TPSA) is 0 Å². The van der Waals surface area contributed by atoms with E-state index in [1.54, 1.807) is 0 Å². The normalized spacial score (nSPS) is 10.6. The van der Waals surface area contributed by atoms with Gasteiger partial charge in [0.05, 0.1) is 0 Å². The molecule has 0 heterocycles. The lowest BCUT2D eigenvalue weighted by atomic mass is 9.94. The summed E-state index contributed by atoms with van der Waals surface area (Å²) >= 11 is 0. The van der Waals surface area contributed by atoms with E-state index < -0.39 is 0 Å². The minimum atomic E-state index is 1.25. The maximum atomic E-state index is 2.29. The van der Waals surface area contributed by atoms with Crippen LogP contribution in [-0.4, -0.2) is 0 Å². The molecule has 0 spiro atoms. The molecule has 0 aliphatic heterocycles. The predicted octanol–water partition coefficient (Wildman–Crippen LogP) is 7.00. The van der Waals surface area contributed by atoms with E-state index in [1.807, 2.05) is 0 Å². The van der Waals surface area contributed by atoms with Gasteiger partial charge in [-0.3, -0.25) is 0 Å². The largest absolute Gasteiger partial charge is 0.0622 e. The number of rotatable bonds is 3. The average Bonchev–Trinajstić information content (AvgIpc) is 2.70. The molecule has 0 aromatic heterocycles. The molecule has 0 heteroatoms. The van der Waals surface area contributed by atoms with Crippen molar-refractivity contribution in [2.24, 2.45) is 0 Å². The molecule has 0 N–H and O–H groups in total. The molecule has 0 saturated carbocycles. The van der Waals surface area contributed by atoms with Gasteiger partial charge in [0.15, 0.2) is 0 Å². The van der Waals surface area contributed by atoms with Crippen molar-refractivity contribution in [3.05, 3.63) is 109 Å². The summed E-state index contributed by atoms with van der Waals surface area (Å²) in [5.41, 5.74) is 8.87.